The maximum Gasteiger partial charge on any atom is 0.356 e. The van der Waals surface area contributed by atoms with E-state index < -0.39 is 11.9 Å². The molecule has 0 atom stereocenters. The molecule has 0 aliphatic heterocycles. The first-order valence-electron chi connectivity index (χ1n) is 8.72. The van der Waals surface area contributed by atoms with Gasteiger partial charge >= 0.3 is 11.9 Å². The van der Waals surface area contributed by atoms with Crippen LogP contribution in [0.1, 0.15) is 41.2 Å². The molecule has 0 fully saturated rings. The van der Waals surface area contributed by atoms with Gasteiger partial charge in [-0.05, 0) is 24.3 Å². The summed E-state index contributed by atoms with van der Waals surface area (Å²) in [5.41, 5.74) is 0.228. The van der Waals surface area contributed by atoms with E-state index in [0.29, 0.717) is 37.6 Å². The van der Waals surface area contributed by atoms with E-state index in [1.54, 1.807) is 6.07 Å². The van der Waals surface area contributed by atoms with Crippen LogP contribution in [0.4, 0.5) is 0 Å². The molecule has 166 valence electrons. The number of rotatable bonds is 10. The van der Waals surface area contributed by atoms with E-state index in [1.165, 1.54) is 37.7 Å². The SMILES string of the molecule is C.COC(=O)c1ccc(OCCCO)cn1.O=C(O)c1ccc(OCCCO)cn1. The van der Waals surface area contributed by atoms with Gasteiger partial charge in [-0.2, -0.15) is 0 Å². The van der Waals surface area contributed by atoms with Gasteiger partial charge in [0.1, 0.15) is 22.9 Å². The smallest absolute Gasteiger partial charge is 0.356 e. The zero-order valence-electron chi connectivity index (χ0n) is 16.0. The number of ether oxygens (including phenoxy) is 3. The molecule has 0 amide bonds. The summed E-state index contributed by atoms with van der Waals surface area (Å²) in [6, 6.07) is 6.07. The predicted octanol–water partition coefficient (Wildman–Crippen LogP) is 1.81. The summed E-state index contributed by atoms with van der Waals surface area (Å²) in [4.78, 5) is 29.0. The summed E-state index contributed by atoms with van der Waals surface area (Å²) < 4.78 is 14.9. The van der Waals surface area contributed by atoms with Crippen molar-refractivity contribution >= 4 is 11.9 Å². The molecule has 0 unspecified atom stereocenters. The Morgan fingerprint density at radius 3 is 1.67 bits per heavy atom. The molecule has 10 nitrogen and oxygen atoms in total. The Bertz CT molecular complexity index is 735. The lowest BCUT2D eigenvalue weighted by Gasteiger charge is -2.04. The molecule has 2 heterocycles. The van der Waals surface area contributed by atoms with Crippen molar-refractivity contribution < 1.29 is 39.1 Å². The van der Waals surface area contributed by atoms with Crippen molar-refractivity contribution in [2.75, 3.05) is 33.5 Å². The second kappa shape index (κ2) is 15.7. The first kappa shape index (κ1) is 26.8. The Balaban J connectivity index is 0.000000544. The number of carbonyl (C=O) groups is 2. The highest BCUT2D eigenvalue weighted by molar-refractivity contribution is 5.87. The van der Waals surface area contributed by atoms with Crippen molar-refractivity contribution in [1.29, 1.82) is 0 Å². The number of aliphatic hydroxyl groups is 2. The van der Waals surface area contributed by atoms with Crippen molar-refractivity contribution in [3.63, 3.8) is 0 Å². The highest BCUT2D eigenvalue weighted by Crippen LogP contribution is 2.10. The van der Waals surface area contributed by atoms with E-state index in [-0.39, 0.29) is 32.0 Å². The van der Waals surface area contributed by atoms with Crippen LogP contribution in [0.25, 0.3) is 0 Å². The molecule has 0 bridgehead atoms. The number of carboxylic acid groups (broad SMARTS) is 1. The summed E-state index contributed by atoms with van der Waals surface area (Å²) in [7, 11) is 1.30. The molecule has 0 spiro atoms. The van der Waals surface area contributed by atoms with Crippen LogP contribution >= 0.6 is 0 Å². The van der Waals surface area contributed by atoms with Gasteiger partial charge in [-0.15, -0.1) is 0 Å². The number of aliphatic hydroxyl groups excluding tert-OH is 2. The van der Waals surface area contributed by atoms with E-state index in [0.717, 1.165) is 0 Å². The van der Waals surface area contributed by atoms with Crippen LogP contribution in [0.3, 0.4) is 0 Å². The molecule has 30 heavy (non-hydrogen) atoms. The molecule has 0 saturated carbocycles. The van der Waals surface area contributed by atoms with Crippen LogP contribution in [0.5, 0.6) is 11.5 Å². The number of aromatic carboxylic acids is 1. The van der Waals surface area contributed by atoms with E-state index in [2.05, 4.69) is 14.7 Å². The summed E-state index contributed by atoms with van der Waals surface area (Å²) in [5, 5.41) is 25.6. The Hall–Kier alpha value is -3.24. The third kappa shape index (κ3) is 10.3. The molecule has 0 aromatic carbocycles. The number of hydrogen-bond acceptors (Lipinski definition) is 9. The van der Waals surface area contributed by atoms with Crippen molar-refractivity contribution in [2.24, 2.45) is 0 Å². The predicted molar refractivity (Wildman–Crippen MR) is 108 cm³/mol. The van der Waals surface area contributed by atoms with Crippen LogP contribution in [0.2, 0.25) is 0 Å². The molecule has 0 radical (unpaired) electrons. The number of aromatic nitrogens is 2. The summed E-state index contributed by atoms with van der Waals surface area (Å²) in [6.07, 6.45) is 3.91. The van der Waals surface area contributed by atoms with E-state index in [1.807, 2.05) is 0 Å². The Morgan fingerprint density at radius 2 is 1.33 bits per heavy atom. The highest BCUT2D eigenvalue weighted by Gasteiger charge is 2.06. The van der Waals surface area contributed by atoms with Crippen LogP contribution in [0.15, 0.2) is 36.7 Å². The maximum atomic E-state index is 11.0. The van der Waals surface area contributed by atoms with Gasteiger partial charge in [0.2, 0.25) is 0 Å². The van der Waals surface area contributed by atoms with Crippen molar-refractivity contribution in [3.8, 4) is 11.5 Å². The lowest BCUT2D eigenvalue weighted by molar-refractivity contribution is 0.0593. The number of carbonyl (C=O) groups excluding carboxylic acids is 1. The highest BCUT2D eigenvalue weighted by atomic mass is 16.5. The average molecular weight is 424 g/mol. The van der Waals surface area contributed by atoms with Gasteiger partial charge in [0.25, 0.3) is 0 Å². The van der Waals surface area contributed by atoms with Crippen molar-refractivity contribution in [2.45, 2.75) is 20.3 Å². The Morgan fingerprint density at radius 1 is 0.867 bits per heavy atom. The summed E-state index contributed by atoms with van der Waals surface area (Å²) >= 11 is 0. The zero-order valence-corrected chi connectivity index (χ0v) is 16.0. The fraction of sp³-hybridized carbons (Fsp3) is 0.400. The monoisotopic (exact) mass is 424 g/mol. The third-order valence-electron chi connectivity index (χ3n) is 3.23. The van der Waals surface area contributed by atoms with Gasteiger partial charge in [-0.3, -0.25) is 0 Å². The van der Waals surface area contributed by atoms with Gasteiger partial charge in [-0.25, -0.2) is 19.6 Å². The zero-order chi connectivity index (χ0) is 21.5. The van der Waals surface area contributed by atoms with E-state index in [4.69, 9.17) is 24.8 Å². The minimum Gasteiger partial charge on any atom is -0.492 e. The Kier molecular flexibility index (Phi) is 14.0. The van der Waals surface area contributed by atoms with Crippen LogP contribution in [-0.2, 0) is 4.74 Å². The number of esters is 1. The fourth-order valence-corrected chi connectivity index (χ4v) is 1.79. The molecular weight excluding hydrogens is 396 g/mol. The standard InChI is InChI=1S/C10H13NO4.C9H11NO4.CH4/c1-14-10(13)9-4-3-8(7-11-9)15-6-2-5-12;11-4-1-5-14-7-2-3-8(9(12)13)10-6-7;/h3-4,7,12H,2,5-6H2,1H3;2-3,6,11H,1,4-5H2,(H,12,13);1H4. The summed E-state index contributed by atoms with van der Waals surface area (Å²) in [5.74, 6) is -0.469. The Labute approximate surface area is 175 Å². The van der Waals surface area contributed by atoms with Gasteiger partial charge in [0, 0.05) is 26.1 Å². The van der Waals surface area contributed by atoms with Gasteiger partial charge < -0.3 is 29.5 Å². The lowest BCUT2D eigenvalue weighted by atomic mass is 10.3. The minimum absolute atomic E-state index is 0. The minimum atomic E-state index is -1.06. The molecule has 0 aliphatic carbocycles. The van der Waals surface area contributed by atoms with Gasteiger partial charge in [0.15, 0.2) is 0 Å². The van der Waals surface area contributed by atoms with Crippen LogP contribution < -0.4 is 9.47 Å². The molecule has 10 heteroatoms. The fourth-order valence-electron chi connectivity index (χ4n) is 1.79. The summed E-state index contributed by atoms with van der Waals surface area (Å²) in [6.45, 7) is 0.981. The van der Waals surface area contributed by atoms with Crippen molar-refractivity contribution in [1.82, 2.24) is 9.97 Å². The quantitative estimate of drug-likeness (QED) is 0.381. The largest absolute Gasteiger partial charge is 0.492 e. The second-order valence-electron chi connectivity index (χ2n) is 5.41. The number of carboxylic acids is 1. The molecule has 0 saturated heterocycles. The molecule has 3 N–H and O–H groups in total. The molecule has 0 aliphatic rings. The third-order valence-corrected chi connectivity index (χ3v) is 3.23. The number of methoxy groups -OCH3 is 1. The number of pyridine rings is 2. The average Bonchev–Trinajstić information content (AvgIpc) is 2.75. The first-order chi connectivity index (χ1) is 14.0. The molecular formula is C20H28N2O8. The van der Waals surface area contributed by atoms with Gasteiger partial charge in [-0.1, -0.05) is 7.43 Å². The van der Waals surface area contributed by atoms with E-state index >= 15 is 0 Å². The van der Waals surface area contributed by atoms with Gasteiger partial charge in [0.05, 0.1) is 32.7 Å². The van der Waals surface area contributed by atoms with Crippen molar-refractivity contribution in [3.05, 3.63) is 48.0 Å². The van der Waals surface area contributed by atoms with Crippen LogP contribution in [0, 0.1) is 0 Å². The maximum absolute atomic E-state index is 11.0. The molecule has 2 aromatic heterocycles. The number of hydrogen-bond donors (Lipinski definition) is 3. The molecule has 2 aromatic rings. The normalized spacial score (nSPS) is 9.43. The topological polar surface area (TPSA) is 148 Å². The first-order valence-corrected chi connectivity index (χ1v) is 8.72. The molecule has 2 rings (SSSR count). The number of nitrogens with zero attached hydrogens (tertiary/aromatic N) is 2. The van der Waals surface area contributed by atoms with E-state index in [9.17, 15) is 9.59 Å². The lowest BCUT2D eigenvalue weighted by Crippen LogP contribution is -2.05. The second-order valence-corrected chi connectivity index (χ2v) is 5.41. The van der Waals surface area contributed by atoms with Crippen LogP contribution in [-0.4, -0.2) is 70.8 Å².